The van der Waals surface area contributed by atoms with Crippen LogP contribution in [0.25, 0.3) is 21.9 Å². The fourth-order valence-electron chi connectivity index (χ4n) is 10.2. The summed E-state index contributed by atoms with van der Waals surface area (Å²) in [5, 5.41) is 47.7. The number of carbonyl (C=O) groups excluding carboxylic acids is 4. The molecule has 0 aliphatic carbocycles. The molecule has 0 spiro atoms. The zero-order valence-corrected chi connectivity index (χ0v) is 64.0. The van der Waals surface area contributed by atoms with Crippen molar-refractivity contribution in [1.82, 2.24) is 0 Å². The molecule has 24 heteroatoms. The van der Waals surface area contributed by atoms with Crippen LogP contribution in [0.1, 0.15) is 157 Å². The number of alkyl halides is 1. The van der Waals surface area contributed by atoms with Crippen LogP contribution in [0.3, 0.4) is 0 Å². The first-order valence-corrected chi connectivity index (χ1v) is 34.9. The molecule has 2 atom stereocenters. The SMILES string of the molecule is C=CCBr.C=CCOc1cc(C(=O)OCC)ccc1C.C=CCc1c(C(=O)OCC)ccc(C)c1O.CCOC(=O)c1ccc(C)c2c1CC(OC)O2.CCOC(=O)c1ccc(C)c2occc12.COC1Cc2c(C(=O)O)ccc(C)c2O1.Cc1ccc(C(=O)O)c2ccoc12.Cc1ccc(C(=O)O)cc1O.[2HH]. The smallest absolute Gasteiger partial charge is 0.338 e. The first-order valence-electron chi connectivity index (χ1n) is 33.8. The van der Waals surface area contributed by atoms with Crippen molar-refractivity contribution in [3.63, 3.8) is 0 Å². The maximum atomic E-state index is 11.8. The molecule has 23 nitrogen and oxygen atoms in total. The summed E-state index contributed by atoms with van der Waals surface area (Å²) in [4.78, 5) is 78.6. The number of phenolic OH excluding ortho intramolecular Hbond substituents is 2. The topological polar surface area (TPSA) is 330 Å². The van der Waals surface area contributed by atoms with E-state index in [1.165, 1.54) is 18.4 Å². The van der Waals surface area contributed by atoms with Gasteiger partial charge in [-0.2, -0.15) is 0 Å². The van der Waals surface area contributed by atoms with Gasteiger partial charge in [0, 0.05) is 61.3 Å². The van der Waals surface area contributed by atoms with Gasteiger partial charge in [0.15, 0.2) is 0 Å². The molecule has 0 bridgehead atoms. The molecule has 0 saturated heterocycles. The summed E-state index contributed by atoms with van der Waals surface area (Å²) in [7, 11) is 3.14. The van der Waals surface area contributed by atoms with E-state index in [2.05, 4.69) is 35.7 Å². The zero-order valence-electron chi connectivity index (χ0n) is 62.4. The lowest BCUT2D eigenvalue weighted by Gasteiger charge is -2.11. The van der Waals surface area contributed by atoms with Gasteiger partial charge in [0.1, 0.15) is 46.5 Å². The van der Waals surface area contributed by atoms with Crippen molar-refractivity contribution in [2.45, 2.75) is 108 Å². The highest BCUT2D eigenvalue weighted by Gasteiger charge is 2.31. The number of rotatable bonds is 19. The normalized spacial score (nSPS) is 12.2. The number of carbonyl (C=O) groups is 7. The third-order valence-electron chi connectivity index (χ3n) is 15.7. The number of halogens is 1. The Morgan fingerprint density at radius 2 is 0.888 bits per heavy atom. The van der Waals surface area contributed by atoms with E-state index < -0.39 is 23.9 Å². The minimum absolute atomic E-state index is 0. The van der Waals surface area contributed by atoms with Crippen LogP contribution >= 0.6 is 15.9 Å². The van der Waals surface area contributed by atoms with E-state index in [4.69, 9.17) is 71.9 Å². The lowest BCUT2D eigenvalue weighted by molar-refractivity contribution is -0.0373. The summed E-state index contributed by atoms with van der Waals surface area (Å²) in [5.41, 5.74) is 12.6. The Kier molecular flexibility index (Phi) is 36.5. The van der Waals surface area contributed by atoms with E-state index in [0.717, 1.165) is 66.6 Å². The summed E-state index contributed by atoms with van der Waals surface area (Å²) in [5.74, 6) is -1.96. The van der Waals surface area contributed by atoms with Crippen molar-refractivity contribution in [1.29, 1.82) is 0 Å². The molecule has 2 aliphatic heterocycles. The van der Waals surface area contributed by atoms with Gasteiger partial charge in [-0.1, -0.05) is 83.2 Å². The number of ether oxygens (including phenoxy) is 9. The summed E-state index contributed by atoms with van der Waals surface area (Å²) in [6, 6.07) is 30.3. The number of aryl methyl sites for hydroxylation is 7. The van der Waals surface area contributed by atoms with Crippen LogP contribution in [-0.2, 0) is 47.7 Å². The monoisotopic (exact) mass is 1540 g/mol. The van der Waals surface area contributed by atoms with Crippen molar-refractivity contribution >= 4 is 79.7 Å². The Balaban J connectivity index is 0.000000324. The van der Waals surface area contributed by atoms with Crippen LogP contribution < -0.4 is 14.2 Å². The number of aromatic carboxylic acids is 3. The fraction of sp³-hybridized carbons (Fsp3) is 0.289. The van der Waals surface area contributed by atoms with Gasteiger partial charge in [-0.3, -0.25) is 0 Å². The summed E-state index contributed by atoms with van der Waals surface area (Å²) < 4.78 is 57.1. The molecule has 2 aliphatic rings. The number of phenols is 2. The van der Waals surface area contributed by atoms with E-state index in [-0.39, 0.29) is 54.5 Å². The van der Waals surface area contributed by atoms with Crippen molar-refractivity contribution in [3.05, 3.63) is 254 Å². The molecule has 4 heterocycles. The second kappa shape index (κ2) is 44.4. The maximum Gasteiger partial charge on any atom is 0.338 e. The van der Waals surface area contributed by atoms with Crippen molar-refractivity contribution in [3.8, 4) is 28.7 Å². The van der Waals surface area contributed by atoms with Crippen LogP contribution in [0, 0.1) is 48.5 Å². The highest BCUT2D eigenvalue weighted by Crippen LogP contribution is 2.37. The van der Waals surface area contributed by atoms with Gasteiger partial charge < -0.3 is 77.0 Å². The molecule has 0 saturated carbocycles. The Labute approximate surface area is 632 Å². The van der Waals surface area contributed by atoms with Gasteiger partial charge in [-0.15, -0.1) is 13.2 Å². The minimum Gasteiger partial charge on any atom is -0.508 e. The van der Waals surface area contributed by atoms with Crippen LogP contribution in [0.4, 0.5) is 0 Å². The third kappa shape index (κ3) is 25.1. The Bertz CT molecular complexity index is 4570. The molecule has 0 amide bonds. The molecule has 9 aromatic rings. The number of furan rings is 2. The zero-order chi connectivity index (χ0) is 79.6. The van der Waals surface area contributed by atoms with Crippen molar-refractivity contribution in [2.75, 3.05) is 52.6 Å². The Hall–Kier alpha value is -11.5. The molecule has 2 unspecified atom stereocenters. The average molecular weight is 1540 g/mol. The Morgan fingerprint density at radius 3 is 1.36 bits per heavy atom. The van der Waals surface area contributed by atoms with Crippen molar-refractivity contribution < 1.29 is 112 Å². The number of fused-ring (bicyclic) bond motifs is 4. The summed E-state index contributed by atoms with van der Waals surface area (Å²) >= 11 is 3.13. The third-order valence-corrected chi connectivity index (χ3v) is 16.2. The van der Waals surface area contributed by atoms with Crippen LogP contribution in [0.2, 0.25) is 0 Å². The van der Waals surface area contributed by atoms with Crippen LogP contribution in [0.5, 0.6) is 28.7 Å². The largest absolute Gasteiger partial charge is 0.508 e. The molecule has 2 aromatic heterocycles. The number of allylic oxidation sites excluding steroid dienone is 2. The maximum absolute atomic E-state index is 11.8. The number of hydrogen-bond donors (Lipinski definition) is 5. The van der Waals surface area contributed by atoms with Gasteiger partial charge in [0.25, 0.3) is 0 Å². The minimum atomic E-state index is -1.03. The van der Waals surface area contributed by atoms with Crippen molar-refractivity contribution in [2.24, 2.45) is 0 Å². The highest BCUT2D eigenvalue weighted by molar-refractivity contribution is 9.09. The number of hydrogen-bond acceptors (Lipinski definition) is 20. The molecule has 5 N–H and O–H groups in total. The van der Waals surface area contributed by atoms with E-state index in [0.29, 0.717) is 114 Å². The van der Waals surface area contributed by atoms with E-state index in [1.54, 1.807) is 159 Å². The molecule has 572 valence electrons. The van der Waals surface area contributed by atoms with Gasteiger partial charge >= 0.3 is 41.8 Å². The highest BCUT2D eigenvalue weighted by atomic mass is 79.9. The summed E-state index contributed by atoms with van der Waals surface area (Å²) in [6.07, 6.45) is 9.05. The fourth-order valence-corrected chi connectivity index (χ4v) is 10.2. The van der Waals surface area contributed by atoms with E-state index in [1.807, 2.05) is 52.8 Å². The standard InChI is InChI=1S/C13H16O4.2C13H16O3.C12H12O3.C11H12O4.C10H8O3.C8H8O3.C3H5Br.H2/c1-4-16-13(14)9-6-5-8(2)12-10(9)7-11(15-3)17-12;1-4-8-16-12-9-11(7-6-10(12)3)13(14)15-5-2;1-4-6-10-11(13(15)16-5-2)8-7-9(3)12(10)14;1-3-14-12(13)10-5-4-8(2)11-9(10)6-7-15-11;1-6-3-4-7(11(12)13)8-5-9(14-2)15-10(6)8;1-6-2-3-8(10(11)12)7-4-5-13-9(6)7;1-5-2-3-6(8(10)11)4-7(5)9;1-2-3-4;/h5-6,11H,4,7H2,1-3H3;4,6-7,9H,1,5,8H2,2-3H3;4,7-8,14H,1,5-6H2,2-3H3;4-7H,3H2,1-2H3;3-4,9H,5H2,1-2H3,(H,12,13);2-5H,1H3,(H,11,12);2-4,9H,1H3,(H,10,11);2H,1,3H2;1H/i;;;;;;;;1+1. The van der Waals surface area contributed by atoms with Gasteiger partial charge in [0.05, 0.1) is 77.9 Å². The number of benzene rings is 7. The number of carboxylic acid groups (broad SMARTS) is 3. The lowest BCUT2D eigenvalue weighted by Crippen LogP contribution is -2.15. The molecule has 0 radical (unpaired) electrons. The second-order valence-corrected chi connectivity index (χ2v) is 23.9. The van der Waals surface area contributed by atoms with Gasteiger partial charge in [-0.05, 0) is 188 Å². The quantitative estimate of drug-likeness (QED) is 0.0217. The molecule has 11 rings (SSSR count). The predicted molar refractivity (Wildman–Crippen MR) is 412 cm³/mol. The first-order chi connectivity index (χ1) is 51.1. The summed E-state index contributed by atoms with van der Waals surface area (Å²) in [6.45, 7) is 32.7. The van der Waals surface area contributed by atoms with Gasteiger partial charge in [0.2, 0.25) is 12.6 Å². The van der Waals surface area contributed by atoms with E-state index >= 15 is 0 Å². The number of esters is 4. The van der Waals surface area contributed by atoms with Crippen LogP contribution in [0.15, 0.2) is 169 Å². The number of carboxylic acids is 3. The second-order valence-electron chi connectivity index (χ2n) is 23.2. The molecule has 0 fully saturated rings. The first kappa shape index (κ1) is 87.9. The van der Waals surface area contributed by atoms with E-state index in [9.17, 15) is 38.7 Å². The average Bonchev–Trinajstić information content (AvgIpc) is 1.63. The number of aromatic hydroxyl groups is 2. The molecular formula is C83H95BrO23. The Morgan fingerprint density at radius 1 is 0.477 bits per heavy atom. The predicted octanol–water partition coefficient (Wildman–Crippen LogP) is 17.6. The number of methoxy groups -OCH3 is 2. The molecule has 7 aromatic carbocycles. The lowest BCUT2D eigenvalue weighted by atomic mass is 10.00. The van der Waals surface area contributed by atoms with Gasteiger partial charge in [-0.25, -0.2) is 33.6 Å². The van der Waals surface area contributed by atoms with Crippen LogP contribution in [-0.4, -0.2) is 132 Å². The molecule has 107 heavy (non-hydrogen) atoms. The molecular weight excluding hydrogens is 1440 g/mol.